The van der Waals surface area contributed by atoms with Crippen molar-refractivity contribution in [3.8, 4) is 0 Å². The third kappa shape index (κ3) is 4.70. The Morgan fingerprint density at radius 3 is 2.32 bits per heavy atom. The van der Waals surface area contributed by atoms with E-state index >= 15 is 0 Å². The first-order valence-electron chi connectivity index (χ1n) is 6.92. The molecule has 4 nitrogen and oxygen atoms in total. The van der Waals surface area contributed by atoms with Crippen molar-refractivity contribution in [3.63, 3.8) is 0 Å². The molecule has 2 N–H and O–H groups in total. The van der Waals surface area contributed by atoms with E-state index in [4.69, 9.17) is 0 Å². The zero-order valence-corrected chi connectivity index (χ0v) is 13.8. The summed E-state index contributed by atoms with van der Waals surface area (Å²) in [5, 5.41) is 5.66. The lowest BCUT2D eigenvalue weighted by Crippen LogP contribution is -2.29. The second-order valence-corrected chi connectivity index (χ2v) is 5.75. The van der Waals surface area contributed by atoms with Gasteiger partial charge in [-0.05, 0) is 33.6 Å². The molecule has 0 aliphatic heterocycles. The molecule has 0 aliphatic rings. The van der Waals surface area contributed by atoms with Gasteiger partial charge in [-0.2, -0.15) is 0 Å². The molecule has 0 bridgehead atoms. The minimum absolute atomic E-state index is 0.158. The Balaban J connectivity index is 2.08. The molecule has 0 aromatic heterocycles. The van der Waals surface area contributed by atoms with Crippen LogP contribution in [0.25, 0.3) is 0 Å². The predicted octanol–water partition coefficient (Wildman–Crippen LogP) is 3.66. The van der Waals surface area contributed by atoms with Crippen LogP contribution in [0.15, 0.2) is 59.1 Å². The Bertz CT molecular complexity index is 659. The first-order chi connectivity index (χ1) is 10.6. The third-order valence-corrected chi connectivity index (χ3v) is 3.81. The van der Waals surface area contributed by atoms with Crippen LogP contribution in [-0.4, -0.2) is 11.8 Å². The van der Waals surface area contributed by atoms with Crippen LogP contribution < -0.4 is 10.6 Å². The Labute approximate surface area is 138 Å². The first kappa shape index (κ1) is 16.2. The number of para-hydroxylation sites is 1. The fourth-order valence-electron chi connectivity index (χ4n) is 2.13. The summed E-state index contributed by atoms with van der Waals surface area (Å²) in [6.45, 7) is 1.45. The van der Waals surface area contributed by atoms with E-state index in [1.54, 1.807) is 0 Å². The normalized spacial score (nSPS) is 11.5. The lowest BCUT2D eigenvalue weighted by molar-refractivity contribution is -0.120. The topological polar surface area (TPSA) is 58.2 Å². The highest BCUT2D eigenvalue weighted by Gasteiger charge is 2.17. The lowest BCUT2D eigenvalue weighted by Gasteiger charge is -2.18. The minimum atomic E-state index is -0.346. The van der Waals surface area contributed by atoms with Gasteiger partial charge in [0.05, 0.1) is 18.2 Å². The van der Waals surface area contributed by atoms with Crippen LogP contribution in [0.3, 0.4) is 0 Å². The molecule has 22 heavy (non-hydrogen) atoms. The number of amides is 2. The zero-order valence-electron chi connectivity index (χ0n) is 12.2. The summed E-state index contributed by atoms with van der Waals surface area (Å²) in [5.74, 6) is -0.322. The summed E-state index contributed by atoms with van der Waals surface area (Å²) in [6.07, 6.45) is 0.172. The highest BCUT2D eigenvalue weighted by atomic mass is 79.9. The molecule has 2 rings (SSSR count). The quantitative estimate of drug-likeness (QED) is 0.854. The number of anilines is 1. The van der Waals surface area contributed by atoms with Gasteiger partial charge in [0.2, 0.25) is 11.8 Å². The second kappa shape index (κ2) is 7.75. The van der Waals surface area contributed by atoms with Crippen molar-refractivity contribution in [2.75, 3.05) is 5.32 Å². The van der Waals surface area contributed by atoms with E-state index in [-0.39, 0.29) is 24.3 Å². The highest BCUT2D eigenvalue weighted by molar-refractivity contribution is 9.10. The number of nitrogens with one attached hydrogen (secondary N) is 2. The number of rotatable bonds is 5. The summed E-state index contributed by atoms with van der Waals surface area (Å²) < 4.78 is 0.819. The number of hydrogen-bond acceptors (Lipinski definition) is 2. The van der Waals surface area contributed by atoms with Gasteiger partial charge in [0.15, 0.2) is 0 Å². The molecule has 0 aliphatic carbocycles. The summed E-state index contributed by atoms with van der Waals surface area (Å²) in [7, 11) is 0. The molecule has 2 aromatic rings. The molecule has 2 aromatic carbocycles. The molecule has 2 amide bonds. The summed E-state index contributed by atoms with van der Waals surface area (Å²) in [4.78, 5) is 23.6. The maximum atomic E-state index is 12.2. The van der Waals surface area contributed by atoms with Crippen LogP contribution in [0.4, 0.5) is 5.69 Å². The van der Waals surface area contributed by atoms with Crippen LogP contribution in [0.2, 0.25) is 0 Å². The largest absolute Gasteiger partial charge is 0.349 e. The van der Waals surface area contributed by atoms with Crippen LogP contribution in [0, 0.1) is 0 Å². The second-order valence-electron chi connectivity index (χ2n) is 4.90. The molecule has 5 heteroatoms. The predicted molar refractivity (Wildman–Crippen MR) is 90.4 cm³/mol. The molecule has 0 saturated heterocycles. The van der Waals surface area contributed by atoms with E-state index < -0.39 is 0 Å². The van der Waals surface area contributed by atoms with Gasteiger partial charge >= 0.3 is 0 Å². The van der Waals surface area contributed by atoms with E-state index in [9.17, 15) is 9.59 Å². The van der Waals surface area contributed by atoms with Crippen molar-refractivity contribution in [1.29, 1.82) is 0 Å². The molecule has 0 radical (unpaired) electrons. The van der Waals surface area contributed by atoms with Gasteiger partial charge in [-0.1, -0.05) is 42.5 Å². The van der Waals surface area contributed by atoms with Crippen LogP contribution in [0.5, 0.6) is 0 Å². The first-order valence-corrected chi connectivity index (χ1v) is 7.72. The molecule has 1 atom stereocenters. The average Bonchev–Trinajstić information content (AvgIpc) is 2.49. The smallest absolute Gasteiger partial charge is 0.226 e. The Morgan fingerprint density at radius 1 is 1.05 bits per heavy atom. The van der Waals surface area contributed by atoms with Gasteiger partial charge in [0.25, 0.3) is 0 Å². The average molecular weight is 361 g/mol. The van der Waals surface area contributed by atoms with Gasteiger partial charge in [0, 0.05) is 11.4 Å². The molecular formula is C17H17BrN2O2. The van der Waals surface area contributed by atoms with Crippen molar-refractivity contribution >= 4 is 33.4 Å². The fraction of sp³-hybridized carbons (Fsp3) is 0.176. The molecule has 0 unspecified atom stereocenters. The van der Waals surface area contributed by atoms with E-state index in [0.29, 0.717) is 5.69 Å². The summed E-state index contributed by atoms with van der Waals surface area (Å²) >= 11 is 3.39. The Hall–Kier alpha value is -2.14. The highest BCUT2D eigenvalue weighted by Crippen LogP contribution is 2.23. The van der Waals surface area contributed by atoms with E-state index in [1.165, 1.54) is 6.92 Å². The lowest BCUT2D eigenvalue weighted by atomic mass is 10.0. The van der Waals surface area contributed by atoms with Crippen molar-refractivity contribution in [3.05, 3.63) is 64.6 Å². The van der Waals surface area contributed by atoms with Gasteiger partial charge in [-0.25, -0.2) is 0 Å². The zero-order chi connectivity index (χ0) is 15.9. The monoisotopic (exact) mass is 360 g/mol. The van der Waals surface area contributed by atoms with E-state index in [0.717, 1.165) is 10.0 Å². The van der Waals surface area contributed by atoms with Crippen molar-refractivity contribution < 1.29 is 9.59 Å². The number of carbonyl (C=O) groups excluding carboxylic acids is 2. The molecule has 114 valence electrons. The van der Waals surface area contributed by atoms with Crippen LogP contribution in [0.1, 0.15) is 24.9 Å². The summed E-state index contributed by atoms with van der Waals surface area (Å²) in [5.41, 5.74) is 1.61. The fourth-order valence-corrected chi connectivity index (χ4v) is 2.52. The molecule has 0 saturated carbocycles. The maximum absolute atomic E-state index is 12.2. The SMILES string of the molecule is CC(=O)N[C@@H](CC(=O)Nc1ccccc1Br)c1ccccc1. The van der Waals surface area contributed by atoms with Gasteiger partial charge in [0.1, 0.15) is 0 Å². The van der Waals surface area contributed by atoms with Crippen LogP contribution in [-0.2, 0) is 9.59 Å². The van der Waals surface area contributed by atoms with Crippen molar-refractivity contribution in [2.24, 2.45) is 0 Å². The van der Waals surface area contributed by atoms with Gasteiger partial charge in [-0.3, -0.25) is 9.59 Å². The number of hydrogen-bond donors (Lipinski definition) is 2. The standard InChI is InChI=1S/C17H17BrN2O2/c1-12(21)19-16(13-7-3-2-4-8-13)11-17(22)20-15-10-6-5-9-14(15)18/h2-10,16H,11H2,1H3,(H,19,21)(H,20,22)/t16-/m0/s1. The number of benzene rings is 2. The van der Waals surface area contributed by atoms with Crippen molar-refractivity contribution in [2.45, 2.75) is 19.4 Å². The Kier molecular flexibility index (Phi) is 5.72. The third-order valence-electron chi connectivity index (χ3n) is 3.12. The van der Waals surface area contributed by atoms with E-state index in [1.807, 2.05) is 54.6 Å². The molecular weight excluding hydrogens is 344 g/mol. The molecule has 0 spiro atoms. The number of halogens is 1. The molecule has 0 fully saturated rings. The van der Waals surface area contributed by atoms with Crippen molar-refractivity contribution in [1.82, 2.24) is 5.32 Å². The number of carbonyl (C=O) groups is 2. The van der Waals surface area contributed by atoms with Crippen LogP contribution >= 0.6 is 15.9 Å². The van der Waals surface area contributed by atoms with Gasteiger partial charge < -0.3 is 10.6 Å². The Morgan fingerprint density at radius 2 is 1.68 bits per heavy atom. The molecule has 0 heterocycles. The maximum Gasteiger partial charge on any atom is 0.226 e. The van der Waals surface area contributed by atoms with E-state index in [2.05, 4.69) is 26.6 Å². The minimum Gasteiger partial charge on any atom is -0.349 e. The summed E-state index contributed by atoms with van der Waals surface area (Å²) in [6, 6.07) is 16.5. The van der Waals surface area contributed by atoms with Gasteiger partial charge in [-0.15, -0.1) is 0 Å².